The molecule has 0 saturated carbocycles. The van der Waals surface area contributed by atoms with Gasteiger partial charge in [-0.1, -0.05) is 15.9 Å². The average molecular weight is 333 g/mol. The lowest BCUT2D eigenvalue weighted by Gasteiger charge is -1.91. The highest BCUT2D eigenvalue weighted by Gasteiger charge is 1.92. The van der Waals surface area contributed by atoms with Crippen molar-refractivity contribution < 1.29 is 0 Å². The molecule has 1 aromatic heterocycles. The summed E-state index contributed by atoms with van der Waals surface area (Å²) in [6.45, 7) is 0. The quantitative estimate of drug-likeness (QED) is 0.653. The molecule has 0 aliphatic carbocycles. The van der Waals surface area contributed by atoms with Crippen LogP contribution in [0.3, 0.4) is 0 Å². The third kappa shape index (κ3) is 2.67. The zero-order chi connectivity index (χ0) is 6.85. The highest BCUT2D eigenvalue weighted by molar-refractivity contribution is 9.12. The Kier molecular flexibility index (Phi) is 3.16. The molecule has 0 amide bonds. The Morgan fingerprint density at radius 1 is 1.00 bits per heavy atom. The van der Waals surface area contributed by atoms with E-state index < -0.39 is 0 Å². The standard InChI is InChI=1S/C5H2Br3P/c6-3-1-4(7)9-5(8)2-3/h1-2H. The first kappa shape index (κ1) is 8.19. The molecule has 0 saturated heterocycles. The van der Waals surface area contributed by atoms with E-state index in [2.05, 4.69) is 47.8 Å². The van der Waals surface area contributed by atoms with Gasteiger partial charge < -0.3 is 0 Å². The summed E-state index contributed by atoms with van der Waals surface area (Å²) in [5.74, 6) is 0. The first-order valence-corrected chi connectivity index (χ1v) is 5.44. The highest BCUT2D eigenvalue weighted by Crippen LogP contribution is 2.33. The van der Waals surface area contributed by atoms with Gasteiger partial charge in [0.2, 0.25) is 0 Å². The molecule has 0 fully saturated rings. The average Bonchev–Trinajstić information content (AvgIpc) is 1.59. The van der Waals surface area contributed by atoms with Gasteiger partial charge in [-0.05, 0) is 52.2 Å². The Balaban J connectivity index is 3.17. The van der Waals surface area contributed by atoms with Gasteiger partial charge in [0, 0.05) is 12.9 Å². The number of halogens is 3. The van der Waals surface area contributed by atoms with Crippen LogP contribution in [0.5, 0.6) is 0 Å². The van der Waals surface area contributed by atoms with Crippen LogP contribution in [0.2, 0.25) is 0 Å². The van der Waals surface area contributed by atoms with Gasteiger partial charge in [0.25, 0.3) is 0 Å². The molecule has 0 nitrogen and oxygen atoms in total. The normalized spacial score (nSPS) is 9.67. The minimum atomic E-state index is 1.10. The van der Waals surface area contributed by atoms with Gasteiger partial charge in [0.15, 0.2) is 0 Å². The van der Waals surface area contributed by atoms with E-state index in [9.17, 15) is 0 Å². The van der Waals surface area contributed by atoms with Crippen LogP contribution in [0.25, 0.3) is 0 Å². The summed E-state index contributed by atoms with van der Waals surface area (Å²) in [6.07, 6.45) is 0. The van der Waals surface area contributed by atoms with Crippen molar-refractivity contribution >= 4 is 56.0 Å². The Morgan fingerprint density at radius 2 is 1.44 bits per heavy atom. The second kappa shape index (κ2) is 3.47. The van der Waals surface area contributed by atoms with Crippen LogP contribution in [0.15, 0.2) is 25.0 Å². The molecule has 0 unspecified atom stereocenters. The molecule has 0 aliphatic rings. The molecule has 9 heavy (non-hydrogen) atoms. The Labute approximate surface area is 80.5 Å². The largest absolute Gasteiger partial charge is 0.0507 e. The predicted octanol–water partition coefficient (Wildman–Crippen LogP) is 4.55. The summed E-state index contributed by atoms with van der Waals surface area (Å²) in [5.41, 5.74) is 0. The van der Waals surface area contributed by atoms with Crippen LogP contribution in [0.4, 0.5) is 0 Å². The van der Waals surface area contributed by atoms with E-state index in [4.69, 9.17) is 0 Å². The third-order valence-corrected chi connectivity index (χ3v) is 3.39. The van der Waals surface area contributed by atoms with Gasteiger partial charge in [-0.15, -0.1) is 0 Å². The van der Waals surface area contributed by atoms with Gasteiger partial charge >= 0.3 is 0 Å². The molecule has 0 N–H and O–H groups in total. The first-order valence-electron chi connectivity index (χ1n) is 2.17. The number of hydrogen-bond donors (Lipinski definition) is 0. The molecule has 0 aliphatic heterocycles. The second-order valence-electron chi connectivity index (χ2n) is 1.43. The van der Waals surface area contributed by atoms with Crippen LogP contribution in [0.1, 0.15) is 0 Å². The van der Waals surface area contributed by atoms with E-state index >= 15 is 0 Å². The molecule has 48 valence electrons. The van der Waals surface area contributed by atoms with Gasteiger partial charge in [0.1, 0.15) is 0 Å². The van der Waals surface area contributed by atoms with Crippen molar-refractivity contribution in [2.75, 3.05) is 0 Å². The van der Waals surface area contributed by atoms with Crippen LogP contribution in [-0.2, 0) is 0 Å². The van der Waals surface area contributed by atoms with Crippen molar-refractivity contribution in [3.05, 3.63) is 25.0 Å². The third-order valence-electron chi connectivity index (χ3n) is 0.728. The monoisotopic (exact) mass is 330 g/mol. The lowest BCUT2D eigenvalue weighted by molar-refractivity contribution is 1.72. The molecule has 0 radical (unpaired) electrons. The van der Waals surface area contributed by atoms with Crippen molar-refractivity contribution in [3.63, 3.8) is 0 Å². The van der Waals surface area contributed by atoms with E-state index in [1.54, 1.807) is 0 Å². The number of rotatable bonds is 0. The molecular formula is C5H2Br3P. The maximum absolute atomic E-state index is 3.40. The molecule has 0 bridgehead atoms. The smallest absolute Gasteiger partial charge is 0.0469 e. The van der Waals surface area contributed by atoms with Gasteiger partial charge in [-0.2, -0.15) is 0 Å². The maximum Gasteiger partial charge on any atom is 0.0469 e. The fraction of sp³-hybridized carbons (Fsp3) is 0. The summed E-state index contributed by atoms with van der Waals surface area (Å²) in [5, 5.41) is 0. The minimum absolute atomic E-state index is 1.10. The summed E-state index contributed by atoms with van der Waals surface area (Å²) in [4.78, 5) is 0. The van der Waals surface area contributed by atoms with Crippen LogP contribution >= 0.6 is 56.0 Å². The fourth-order valence-electron chi connectivity index (χ4n) is 0.436. The van der Waals surface area contributed by atoms with Crippen molar-refractivity contribution in [3.8, 4) is 0 Å². The molecule has 0 atom stereocenters. The van der Waals surface area contributed by atoms with Crippen LogP contribution < -0.4 is 0 Å². The molecule has 4 heteroatoms. The molecular weight excluding hydrogens is 331 g/mol. The molecule has 1 aromatic rings. The molecule has 0 spiro atoms. The molecule has 1 heterocycles. The van der Waals surface area contributed by atoms with E-state index in [1.165, 1.54) is 16.6 Å². The SMILES string of the molecule is Brc1cc(Br)pc(Br)c1. The fourth-order valence-corrected chi connectivity index (χ4v) is 4.83. The highest BCUT2D eigenvalue weighted by atomic mass is 79.9. The molecule has 1 rings (SSSR count). The summed E-state index contributed by atoms with van der Waals surface area (Å²) < 4.78 is 3.44. The van der Waals surface area contributed by atoms with Crippen molar-refractivity contribution in [1.29, 1.82) is 0 Å². The second-order valence-corrected chi connectivity index (χ2v) is 6.47. The Bertz CT molecular complexity index is 173. The van der Waals surface area contributed by atoms with Gasteiger partial charge in [0.05, 0.1) is 0 Å². The summed E-state index contributed by atoms with van der Waals surface area (Å²) in [6, 6.07) is 4.07. The molecule has 0 aromatic carbocycles. The predicted molar refractivity (Wildman–Crippen MR) is 52.1 cm³/mol. The summed E-state index contributed by atoms with van der Waals surface area (Å²) in [7, 11) is 1.19. The maximum atomic E-state index is 3.40. The van der Waals surface area contributed by atoms with Crippen molar-refractivity contribution in [1.82, 2.24) is 0 Å². The van der Waals surface area contributed by atoms with E-state index in [0.29, 0.717) is 0 Å². The topological polar surface area (TPSA) is 0 Å². The summed E-state index contributed by atoms with van der Waals surface area (Å²) >= 11 is 10.2. The van der Waals surface area contributed by atoms with Crippen molar-refractivity contribution in [2.24, 2.45) is 0 Å². The van der Waals surface area contributed by atoms with Crippen molar-refractivity contribution in [2.45, 2.75) is 0 Å². The number of hydrogen-bond acceptors (Lipinski definition) is 0. The Morgan fingerprint density at radius 3 is 1.78 bits per heavy atom. The Hall–Kier alpha value is 1.09. The van der Waals surface area contributed by atoms with Crippen LogP contribution in [-0.4, -0.2) is 0 Å². The zero-order valence-corrected chi connectivity index (χ0v) is 9.89. The lowest BCUT2D eigenvalue weighted by atomic mass is 10.6. The van der Waals surface area contributed by atoms with Gasteiger partial charge in [-0.25, -0.2) is 0 Å². The zero-order valence-electron chi connectivity index (χ0n) is 4.24. The van der Waals surface area contributed by atoms with Crippen LogP contribution in [0, 0.1) is 0 Å². The van der Waals surface area contributed by atoms with Gasteiger partial charge in [-0.3, -0.25) is 0 Å². The van der Waals surface area contributed by atoms with E-state index in [-0.39, 0.29) is 0 Å². The van der Waals surface area contributed by atoms with E-state index in [1.807, 2.05) is 12.1 Å². The van der Waals surface area contributed by atoms with E-state index in [0.717, 1.165) is 4.47 Å². The minimum Gasteiger partial charge on any atom is -0.0507 e. The lowest BCUT2D eigenvalue weighted by Crippen LogP contribution is -1.59. The first-order chi connectivity index (χ1) is 4.18.